The number of aromatic amines is 1. The lowest BCUT2D eigenvalue weighted by molar-refractivity contribution is 0.288. The van der Waals surface area contributed by atoms with Crippen molar-refractivity contribution >= 4 is 21.1 Å². The average Bonchev–Trinajstić information content (AvgIpc) is 3.26. The lowest BCUT2D eigenvalue weighted by atomic mass is 10.1. The molecule has 0 saturated carbocycles. The minimum absolute atomic E-state index is 0.604. The number of fused-ring (bicyclic) bond motifs is 1. The monoisotopic (exact) mass is 376 g/mol. The molecule has 26 heavy (non-hydrogen) atoms. The summed E-state index contributed by atoms with van der Waals surface area (Å²) in [5.41, 5.74) is 2.52. The largest absolute Gasteiger partial charge is 0.361 e. The Morgan fingerprint density at radius 3 is 2.46 bits per heavy atom. The normalized spacial score (nSPS) is 21.4. The first-order valence-corrected chi connectivity index (χ1v) is 11.1. The van der Waals surface area contributed by atoms with Crippen molar-refractivity contribution in [2.75, 3.05) is 45.8 Å². The Bertz CT molecular complexity index is 842. The second-order valence-electron chi connectivity index (χ2n) is 7.32. The van der Waals surface area contributed by atoms with E-state index in [-0.39, 0.29) is 0 Å². The van der Waals surface area contributed by atoms with Crippen molar-refractivity contribution in [3.8, 4) is 0 Å². The lowest BCUT2D eigenvalue weighted by Crippen LogP contribution is -2.44. The highest BCUT2D eigenvalue weighted by Gasteiger charge is 2.32. The van der Waals surface area contributed by atoms with E-state index < -0.39 is 10.2 Å². The molecule has 2 aliphatic heterocycles. The van der Waals surface area contributed by atoms with Crippen LogP contribution in [0.15, 0.2) is 30.5 Å². The highest BCUT2D eigenvalue weighted by Crippen LogP contribution is 2.20. The van der Waals surface area contributed by atoms with Gasteiger partial charge in [-0.3, -0.25) is 0 Å². The highest BCUT2D eigenvalue weighted by atomic mass is 32.2. The predicted molar refractivity (Wildman–Crippen MR) is 104 cm³/mol. The number of hydrogen-bond donors (Lipinski definition) is 1. The van der Waals surface area contributed by atoms with E-state index in [0.717, 1.165) is 45.3 Å². The molecule has 7 heteroatoms. The summed E-state index contributed by atoms with van der Waals surface area (Å²) in [4.78, 5) is 5.74. The van der Waals surface area contributed by atoms with Crippen molar-refractivity contribution in [2.45, 2.75) is 25.7 Å². The minimum Gasteiger partial charge on any atom is -0.361 e. The van der Waals surface area contributed by atoms with Crippen molar-refractivity contribution < 1.29 is 8.42 Å². The molecule has 2 saturated heterocycles. The summed E-state index contributed by atoms with van der Waals surface area (Å²) in [6.45, 7) is 5.37. The van der Waals surface area contributed by atoms with E-state index in [9.17, 15) is 8.42 Å². The van der Waals surface area contributed by atoms with Crippen LogP contribution in [0.1, 0.15) is 24.8 Å². The SMILES string of the molecule is O=S(=O)(N1CCCC1)N1CCCN(CCc2c[nH]c3ccccc23)CC1. The van der Waals surface area contributed by atoms with Crippen LogP contribution in [0.25, 0.3) is 10.9 Å². The summed E-state index contributed by atoms with van der Waals surface area (Å²) in [6.07, 6.45) is 5.98. The molecule has 142 valence electrons. The summed E-state index contributed by atoms with van der Waals surface area (Å²) in [5, 5.41) is 1.29. The van der Waals surface area contributed by atoms with Crippen molar-refractivity contribution in [3.63, 3.8) is 0 Å². The Morgan fingerprint density at radius 2 is 1.62 bits per heavy atom. The van der Waals surface area contributed by atoms with Crippen LogP contribution in [0.5, 0.6) is 0 Å². The highest BCUT2D eigenvalue weighted by molar-refractivity contribution is 7.86. The smallest absolute Gasteiger partial charge is 0.282 e. The molecule has 1 aromatic carbocycles. The molecule has 0 amide bonds. The van der Waals surface area contributed by atoms with Gasteiger partial charge >= 0.3 is 0 Å². The molecule has 2 aromatic rings. The second-order valence-corrected chi connectivity index (χ2v) is 9.25. The minimum atomic E-state index is -3.26. The Morgan fingerprint density at radius 1 is 0.885 bits per heavy atom. The van der Waals surface area contributed by atoms with Gasteiger partial charge in [-0.05, 0) is 43.9 Å². The van der Waals surface area contributed by atoms with Gasteiger partial charge in [0.05, 0.1) is 0 Å². The number of H-pyrrole nitrogens is 1. The summed E-state index contributed by atoms with van der Waals surface area (Å²) in [7, 11) is -3.26. The van der Waals surface area contributed by atoms with Gasteiger partial charge in [0.1, 0.15) is 0 Å². The van der Waals surface area contributed by atoms with Crippen LogP contribution in [0.3, 0.4) is 0 Å². The fourth-order valence-corrected chi connectivity index (χ4v) is 5.82. The maximum absolute atomic E-state index is 12.8. The first kappa shape index (κ1) is 18.0. The van der Waals surface area contributed by atoms with Crippen LogP contribution >= 0.6 is 0 Å². The van der Waals surface area contributed by atoms with Gasteiger partial charge in [0.25, 0.3) is 10.2 Å². The van der Waals surface area contributed by atoms with E-state index in [1.54, 1.807) is 8.61 Å². The molecule has 0 spiro atoms. The number of nitrogens with one attached hydrogen (secondary N) is 1. The molecule has 3 heterocycles. The van der Waals surface area contributed by atoms with Gasteiger partial charge in [-0.2, -0.15) is 17.0 Å². The Hall–Kier alpha value is -1.41. The molecule has 0 aliphatic carbocycles. The number of nitrogens with zero attached hydrogens (tertiary/aromatic N) is 3. The quantitative estimate of drug-likeness (QED) is 0.869. The maximum atomic E-state index is 12.8. The van der Waals surface area contributed by atoms with Gasteiger partial charge in [-0.1, -0.05) is 18.2 Å². The summed E-state index contributed by atoms with van der Waals surface area (Å²) in [6, 6.07) is 8.39. The Labute approximate surface area is 156 Å². The molecule has 4 rings (SSSR count). The number of para-hydroxylation sites is 1. The van der Waals surface area contributed by atoms with Crippen LogP contribution in [-0.4, -0.2) is 72.7 Å². The van der Waals surface area contributed by atoms with Crippen LogP contribution in [-0.2, 0) is 16.6 Å². The van der Waals surface area contributed by atoms with Crippen LogP contribution in [0, 0.1) is 0 Å². The molecule has 0 atom stereocenters. The van der Waals surface area contributed by atoms with Crippen LogP contribution in [0.2, 0.25) is 0 Å². The number of rotatable bonds is 5. The first-order chi connectivity index (χ1) is 12.6. The van der Waals surface area contributed by atoms with E-state index in [2.05, 4.69) is 34.3 Å². The van der Waals surface area contributed by atoms with Gasteiger partial charge in [0, 0.05) is 56.4 Å². The van der Waals surface area contributed by atoms with Crippen molar-refractivity contribution in [1.29, 1.82) is 0 Å². The molecule has 6 nitrogen and oxygen atoms in total. The summed E-state index contributed by atoms with van der Waals surface area (Å²) < 4.78 is 28.9. The lowest BCUT2D eigenvalue weighted by Gasteiger charge is -2.26. The van der Waals surface area contributed by atoms with Crippen molar-refractivity contribution in [1.82, 2.24) is 18.5 Å². The van der Waals surface area contributed by atoms with Gasteiger partial charge in [0.2, 0.25) is 0 Å². The first-order valence-electron chi connectivity index (χ1n) is 9.67. The van der Waals surface area contributed by atoms with Crippen LogP contribution < -0.4 is 0 Å². The van der Waals surface area contributed by atoms with E-state index in [1.807, 2.05) is 6.07 Å². The van der Waals surface area contributed by atoms with Crippen molar-refractivity contribution in [2.24, 2.45) is 0 Å². The van der Waals surface area contributed by atoms with E-state index in [0.29, 0.717) is 26.2 Å². The van der Waals surface area contributed by atoms with E-state index in [4.69, 9.17) is 0 Å². The molecular formula is C19H28N4O2S. The zero-order chi connectivity index (χ0) is 18.0. The molecule has 2 aliphatic rings. The molecule has 0 radical (unpaired) electrons. The molecule has 1 N–H and O–H groups in total. The summed E-state index contributed by atoms with van der Waals surface area (Å²) >= 11 is 0. The molecule has 2 fully saturated rings. The van der Waals surface area contributed by atoms with Gasteiger partial charge in [-0.25, -0.2) is 0 Å². The fourth-order valence-electron chi connectivity index (χ4n) is 4.10. The van der Waals surface area contributed by atoms with Crippen molar-refractivity contribution in [3.05, 3.63) is 36.0 Å². The third kappa shape index (κ3) is 3.67. The second kappa shape index (κ2) is 7.68. The average molecular weight is 377 g/mol. The van der Waals surface area contributed by atoms with Gasteiger partial charge in [0.15, 0.2) is 0 Å². The molecule has 0 bridgehead atoms. The summed E-state index contributed by atoms with van der Waals surface area (Å²) in [5.74, 6) is 0. The third-order valence-corrected chi connectivity index (χ3v) is 7.67. The van der Waals surface area contributed by atoms with E-state index >= 15 is 0 Å². The van der Waals surface area contributed by atoms with Gasteiger partial charge in [-0.15, -0.1) is 0 Å². The fraction of sp³-hybridized carbons (Fsp3) is 0.579. The zero-order valence-electron chi connectivity index (χ0n) is 15.2. The Balaban J connectivity index is 1.35. The molecule has 1 aromatic heterocycles. The zero-order valence-corrected chi connectivity index (χ0v) is 16.0. The Kier molecular flexibility index (Phi) is 5.31. The topological polar surface area (TPSA) is 59.7 Å². The molecule has 0 unspecified atom stereocenters. The van der Waals surface area contributed by atoms with Gasteiger partial charge < -0.3 is 9.88 Å². The third-order valence-electron chi connectivity index (χ3n) is 5.64. The maximum Gasteiger partial charge on any atom is 0.282 e. The van der Waals surface area contributed by atoms with Crippen LogP contribution in [0.4, 0.5) is 0 Å². The number of hydrogen-bond acceptors (Lipinski definition) is 3. The number of aromatic nitrogens is 1. The van der Waals surface area contributed by atoms with E-state index in [1.165, 1.54) is 16.5 Å². The number of benzene rings is 1. The molecular weight excluding hydrogens is 348 g/mol. The predicted octanol–water partition coefficient (Wildman–Crippen LogP) is 2.06. The standard InChI is InChI=1S/C19H28N4O2S/c24-26(25,22-10-3-4-11-22)23-12-5-9-21(14-15-23)13-8-17-16-20-19-7-2-1-6-18(17)19/h1-2,6-7,16,20H,3-5,8-15H2.